The molecule has 1 heterocycles. The molecule has 1 saturated carbocycles. The third kappa shape index (κ3) is 1.48. The molecule has 1 aromatic rings. The summed E-state index contributed by atoms with van der Waals surface area (Å²) in [5.74, 6) is 0.782. The van der Waals surface area contributed by atoms with Gasteiger partial charge in [-0.05, 0) is 18.8 Å². The molecule has 0 amide bonds. The first kappa shape index (κ1) is 6.58. The summed E-state index contributed by atoms with van der Waals surface area (Å²) in [6, 6.07) is 0. The van der Waals surface area contributed by atoms with Crippen LogP contribution < -0.4 is 0 Å². The Balaban J connectivity index is 1.99. The van der Waals surface area contributed by atoms with E-state index in [2.05, 4.69) is 16.3 Å². The second-order valence-electron chi connectivity index (χ2n) is 2.97. The predicted molar refractivity (Wildman–Crippen MR) is 39.1 cm³/mol. The van der Waals surface area contributed by atoms with Gasteiger partial charge in [-0.15, -0.1) is 0 Å². The van der Waals surface area contributed by atoms with Gasteiger partial charge >= 0.3 is 0 Å². The average Bonchev–Trinajstić information content (AvgIpc) is 2.67. The number of hydrogen-bond acceptors (Lipinski definition) is 2. The number of aromatic nitrogens is 2. The molecule has 0 aliphatic heterocycles. The van der Waals surface area contributed by atoms with Gasteiger partial charge in [0.1, 0.15) is 5.69 Å². The van der Waals surface area contributed by atoms with Gasteiger partial charge in [0.05, 0.1) is 0 Å². The van der Waals surface area contributed by atoms with Crippen LogP contribution in [0.3, 0.4) is 0 Å². The number of nitrogens with one attached hydrogen (secondary N) is 1. The van der Waals surface area contributed by atoms with Crippen molar-refractivity contribution in [2.24, 2.45) is 5.92 Å². The summed E-state index contributed by atoms with van der Waals surface area (Å²) in [7, 11) is 0. The molecule has 3 nitrogen and oxygen atoms in total. The third-order valence-corrected chi connectivity index (χ3v) is 1.91. The zero-order valence-electron chi connectivity index (χ0n) is 6.13. The van der Waals surface area contributed by atoms with Crippen LogP contribution in [0.25, 0.3) is 0 Å². The molecule has 0 bridgehead atoms. The molecule has 3 heteroatoms. The van der Waals surface area contributed by atoms with Crippen LogP contribution in [0.2, 0.25) is 0 Å². The van der Waals surface area contributed by atoms with Crippen LogP contribution in [0.4, 0.5) is 0 Å². The number of carbonyl (C=O) groups excluding carboxylic acids is 1. The van der Waals surface area contributed by atoms with Crippen LogP contribution in [0.5, 0.6) is 0 Å². The Bertz CT molecular complexity index is 249. The highest BCUT2D eigenvalue weighted by atomic mass is 16.1. The number of aromatic amines is 1. The van der Waals surface area contributed by atoms with Gasteiger partial charge in [-0.2, -0.15) is 0 Å². The number of imidazole rings is 1. The van der Waals surface area contributed by atoms with Gasteiger partial charge < -0.3 is 4.98 Å². The van der Waals surface area contributed by atoms with Gasteiger partial charge in [-0.3, -0.25) is 4.79 Å². The first-order chi connectivity index (χ1) is 5.36. The first-order valence-electron chi connectivity index (χ1n) is 3.81. The van der Waals surface area contributed by atoms with Crippen molar-refractivity contribution >= 4 is 5.78 Å². The van der Waals surface area contributed by atoms with Gasteiger partial charge in [0.15, 0.2) is 12.1 Å². The molecule has 2 rings (SSSR count). The van der Waals surface area contributed by atoms with Crippen molar-refractivity contribution in [2.45, 2.75) is 19.3 Å². The fraction of sp³-hybridized carbons (Fsp3) is 0.500. The zero-order chi connectivity index (χ0) is 7.68. The lowest BCUT2D eigenvalue weighted by molar-refractivity contribution is 0.0971. The quantitative estimate of drug-likeness (QED) is 0.656. The summed E-state index contributed by atoms with van der Waals surface area (Å²) in [4.78, 5) is 17.7. The van der Waals surface area contributed by atoms with Crippen LogP contribution in [-0.4, -0.2) is 15.8 Å². The first-order valence-corrected chi connectivity index (χ1v) is 3.81. The Labute approximate surface area is 64.8 Å². The Morgan fingerprint density at radius 3 is 3.18 bits per heavy atom. The lowest BCUT2D eigenvalue weighted by Crippen LogP contribution is -1.99. The van der Waals surface area contributed by atoms with Gasteiger partial charge in [0.2, 0.25) is 0 Å². The topological polar surface area (TPSA) is 45.8 Å². The van der Waals surface area contributed by atoms with Crippen LogP contribution in [0.15, 0.2) is 6.20 Å². The van der Waals surface area contributed by atoms with E-state index in [9.17, 15) is 4.79 Å². The molecule has 0 atom stereocenters. The highest BCUT2D eigenvalue weighted by Crippen LogP contribution is 2.33. The van der Waals surface area contributed by atoms with Gasteiger partial charge in [0.25, 0.3) is 0 Å². The molecule has 1 aliphatic rings. The van der Waals surface area contributed by atoms with Crippen molar-refractivity contribution in [3.05, 3.63) is 18.2 Å². The monoisotopic (exact) mass is 149 g/mol. The van der Waals surface area contributed by atoms with Crippen LogP contribution in [0, 0.1) is 12.2 Å². The summed E-state index contributed by atoms with van der Waals surface area (Å²) in [6.45, 7) is 0. The number of hydrogen-bond donors (Lipinski definition) is 1. The average molecular weight is 149 g/mol. The number of Topliss-reactive ketones (excluding diaryl/α,β-unsaturated/α-hetero) is 1. The van der Waals surface area contributed by atoms with E-state index in [4.69, 9.17) is 0 Å². The molecule has 1 radical (unpaired) electrons. The van der Waals surface area contributed by atoms with Gasteiger partial charge in [-0.1, -0.05) is 0 Å². The minimum absolute atomic E-state index is 0.144. The Morgan fingerprint density at radius 2 is 2.64 bits per heavy atom. The maximum atomic E-state index is 11.3. The van der Waals surface area contributed by atoms with E-state index < -0.39 is 0 Å². The lowest BCUT2D eigenvalue weighted by atomic mass is 10.2. The second-order valence-corrected chi connectivity index (χ2v) is 2.97. The van der Waals surface area contributed by atoms with E-state index in [0.717, 1.165) is 0 Å². The molecule has 0 unspecified atom stereocenters. The number of nitrogens with zero attached hydrogens (tertiary/aromatic N) is 1. The standard InChI is InChI=1S/C8H9N2O/c11-8(3-6-1-2-6)7-4-9-5-10-7/h4,6H,1-3H2,(H,9,10). The fourth-order valence-electron chi connectivity index (χ4n) is 1.06. The molecule has 0 spiro atoms. The normalized spacial score (nSPS) is 16.7. The largest absolute Gasteiger partial charge is 0.341 e. The van der Waals surface area contributed by atoms with Crippen molar-refractivity contribution in [2.75, 3.05) is 0 Å². The number of H-pyrrole nitrogens is 1. The maximum Gasteiger partial charge on any atom is 0.183 e. The predicted octanol–water partition coefficient (Wildman–Crippen LogP) is 1.19. The Hall–Kier alpha value is -1.12. The van der Waals surface area contributed by atoms with E-state index in [0.29, 0.717) is 18.0 Å². The van der Waals surface area contributed by atoms with Crippen LogP contribution in [0.1, 0.15) is 29.8 Å². The molecule has 57 valence electrons. The van der Waals surface area contributed by atoms with E-state index in [1.165, 1.54) is 12.8 Å². The van der Waals surface area contributed by atoms with E-state index in [1.54, 1.807) is 6.20 Å². The number of carbonyl (C=O) groups is 1. The van der Waals surface area contributed by atoms with Crippen molar-refractivity contribution in [3.63, 3.8) is 0 Å². The second kappa shape index (κ2) is 2.49. The Morgan fingerprint density at radius 1 is 1.82 bits per heavy atom. The SMILES string of the molecule is O=C(CC1CC1)c1c[nH][c]n1. The van der Waals surface area contributed by atoms with Gasteiger partial charge in [0, 0.05) is 12.6 Å². The van der Waals surface area contributed by atoms with Gasteiger partial charge in [-0.25, -0.2) is 4.98 Å². The van der Waals surface area contributed by atoms with Crippen molar-refractivity contribution in [3.8, 4) is 0 Å². The molecule has 0 saturated heterocycles. The molecule has 1 aromatic heterocycles. The summed E-state index contributed by atoms with van der Waals surface area (Å²) in [5, 5.41) is 0. The molecule has 1 aliphatic carbocycles. The lowest BCUT2D eigenvalue weighted by Gasteiger charge is -1.91. The molecule has 1 fully saturated rings. The number of rotatable bonds is 3. The molecular formula is C8H9N2O. The molecular weight excluding hydrogens is 140 g/mol. The fourth-order valence-corrected chi connectivity index (χ4v) is 1.06. The smallest absolute Gasteiger partial charge is 0.183 e. The van der Waals surface area contributed by atoms with Crippen molar-refractivity contribution in [1.29, 1.82) is 0 Å². The van der Waals surface area contributed by atoms with E-state index in [-0.39, 0.29) is 5.78 Å². The molecule has 1 N–H and O–H groups in total. The van der Waals surface area contributed by atoms with Crippen LogP contribution in [-0.2, 0) is 0 Å². The molecule has 11 heavy (non-hydrogen) atoms. The zero-order valence-corrected chi connectivity index (χ0v) is 6.13. The highest BCUT2D eigenvalue weighted by Gasteiger charge is 2.25. The van der Waals surface area contributed by atoms with Crippen molar-refractivity contribution < 1.29 is 4.79 Å². The van der Waals surface area contributed by atoms with Crippen molar-refractivity contribution in [1.82, 2.24) is 9.97 Å². The summed E-state index contributed by atoms with van der Waals surface area (Å²) < 4.78 is 0. The number of ketones is 1. The summed E-state index contributed by atoms with van der Waals surface area (Å²) >= 11 is 0. The summed E-state index contributed by atoms with van der Waals surface area (Å²) in [6.07, 6.45) is 7.19. The minimum Gasteiger partial charge on any atom is -0.341 e. The summed E-state index contributed by atoms with van der Waals surface area (Å²) in [5.41, 5.74) is 0.525. The maximum absolute atomic E-state index is 11.3. The highest BCUT2D eigenvalue weighted by molar-refractivity contribution is 5.94. The Kier molecular flexibility index (Phi) is 1.49. The van der Waals surface area contributed by atoms with E-state index >= 15 is 0 Å². The van der Waals surface area contributed by atoms with E-state index in [1.807, 2.05) is 0 Å². The minimum atomic E-state index is 0.144. The van der Waals surface area contributed by atoms with Crippen LogP contribution >= 0.6 is 0 Å². The third-order valence-electron chi connectivity index (χ3n) is 1.91. The molecule has 0 aromatic carbocycles.